The fourth-order valence-corrected chi connectivity index (χ4v) is 5.61. The molecule has 20 nitrogen and oxygen atoms in total. The second kappa shape index (κ2) is 22.8. The number of nitrogens with two attached hydrogens (primary N) is 1. The lowest BCUT2D eigenvalue weighted by molar-refractivity contribution is -0.152. The van der Waals surface area contributed by atoms with Crippen molar-refractivity contribution in [3.8, 4) is 11.1 Å². The van der Waals surface area contributed by atoms with Crippen LogP contribution in [0.15, 0.2) is 61.2 Å². The summed E-state index contributed by atoms with van der Waals surface area (Å²) in [5, 5.41) is 13.9. The van der Waals surface area contributed by atoms with E-state index in [9.17, 15) is 43.2 Å². The van der Waals surface area contributed by atoms with Crippen molar-refractivity contribution in [2.45, 2.75) is 70.2 Å². The van der Waals surface area contributed by atoms with Crippen LogP contribution in [0.4, 0.5) is 9.59 Å². The predicted octanol–water partition coefficient (Wildman–Crippen LogP) is 0.178. The van der Waals surface area contributed by atoms with Crippen molar-refractivity contribution in [2.75, 3.05) is 39.5 Å². The third-order valence-electron chi connectivity index (χ3n) is 8.37. The molecule has 2 aromatic rings. The van der Waals surface area contributed by atoms with E-state index in [0.717, 1.165) is 22.3 Å². The highest BCUT2D eigenvalue weighted by Crippen LogP contribution is 2.44. The molecular weight excluding hydrogens is 786 g/mol. The Bertz CT molecular complexity index is 1880. The first kappa shape index (κ1) is 47.4. The summed E-state index contributed by atoms with van der Waals surface area (Å²) in [6.45, 7) is 7.32. The molecule has 324 valence electrons. The Morgan fingerprint density at radius 1 is 0.750 bits per heavy atom. The first-order chi connectivity index (χ1) is 28.4. The molecule has 0 heterocycles. The van der Waals surface area contributed by atoms with Gasteiger partial charge in [0.15, 0.2) is 0 Å². The fourth-order valence-electron chi connectivity index (χ4n) is 5.61. The molecule has 20 heteroatoms. The number of alkyl carbamates (subject to hydrolysis) is 2. The molecule has 0 radical (unpaired) electrons. The van der Waals surface area contributed by atoms with Gasteiger partial charge in [-0.05, 0) is 49.9 Å². The maximum absolute atomic E-state index is 13.1. The van der Waals surface area contributed by atoms with Gasteiger partial charge in [-0.1, -0.05) is 61.2 Å². The molecular formula is C40H51N7O13. The molecule has 0 aliphatic heterocycles. The largest absolute Gasteiger partial charge is 0.465 e. The summed E-state index contributed by atoms with van der Waals surface area (Å²) in [5.74, 6) is -6.12. The topological polar surface area (TPSA) is 289 Å². The molecule has 7 amide bonds. The molecule has 0 saturated carbocycles. The molecule has 8 N–H and O–H groups in total. The number of hydrogen-bond acceptors (Lipinski definition) is 13. The predicted molar refractivity (Wildman–Crippen MR) is 212 cm³/mol. The van der Waals surface area contributed by atoms with Gasteiger partial charge >= 0.3 is 24.1 Å². The molecule has 3 atom stereocenters. The third kappa shape index (κ3) is 15.7. The minimum absolute atomic E-state index is 0.0566. The Morgan fingerprint density at radius 2 is 1.37 bits per heavy atom. The van der Waals surface area contributed by atoms with E-state index in [1.807, 2.05) is 48.5 Å². The minimum Gasteiger partial charge on any atom is -0.465 e. The molecule has 0 saturated heterocycles. The number of nitrogens with one attached hydrogen (secondary N) is 6. The Balaban J connectivity index is 1.52. The van der Waals surface area contributed by atoms with Gasteiger partial charge < -0.3 is 56.6 Å². The first-order valence-corrected chi connectivity index (χ1v) is 18.8. The van der Waals surface area contributed by atoms with E-state index >= 15 is 0 Å². The number of carbonyl (C=O) groups is 9. The van der Waals surface area contributed by atoms with E-state index in [0.29, 0.717) is 0 Å². The average Bonchev–Trinajstić information content (AvgIpc) is 3.51. The lowest BCUT2D eigenvalue weighted by Crippen LogP contribution is -2.57. The van der Waals surface area contributed by atoms with Crippen LogP contribution in [-0.2, 0) is 52.5 Å². The van der Waals surface area contributed by atoms with Gasteiger partial charge in [0.05, 0.1) is 25.9 Å². The Hall–Kier alpha value is -6.99. The lowest BCUT2D eigenvalue weighted by Gasteiger charge is -2.24. The van der Waals surface area contributed by atoms with Gasteiger partial charge in [0.25, 0.3) is 0 Å². The van der Waals surface area contributed by atoms with Gasteiger partial charge in [-0.3, -0.25) is 28.8 Å². The average molecular weight is 838 g/mol. The van der Waals surface area contributed by atoms with Crippen LogP contribution >= 0.6 is 0 Å². The van der Waals surface area contributed by atoms with Crippen LogP contribution in [0.1, 0.15) is 57.6 Å². The third-order valence-corrected chi connectivity index (χ3v) is 8.37. The lowest BCUT2D eigenvalue weighted by atomic mass is 9.98. The van der Waals surface area contributed by atoms with E-state index in [-0.39, 0.29) is 19.1 Å². The zero-order valence-corrected chi connectivity index (χ0v) is 33.8. The van der Waals surface area contributed by atoms with Crippen LogP contribution in [0.5, 0.6) is 0 Å². The number of fused-ring (bicyclic) bond motifs is 3. The maximum atomic E-state index is 13.1. The fraction of sp³-hybridized carbons (Fsp3) is 0.425. The van der Waals surface area contributed by atoms with Crippen LogP contribution < -0.4 is 37.6 Å². The summed E-state index contributed by atoms with van der Waals surface area (Å²) in [7, 11) is 0. The quantitative estimate of drug-likeness (QED) is 0.0503. The van der Waals surface area contributed by atoms with Crippen molar-refractivity contribution >= 4 is 53.7 Å². The number of hydrogen-bond donors (Lipinski definition) is 7. The van der Waals surface area contributed by atoms with Crippen molar-refractivity contribution in [1.82, 2.24) is 31.9 Å². The number of esters is 2. The maximum Gasteiger partial charge on any atom is 0.408 e. The van der Waals surface area contributed by atoms with Crippen LogP contribution in [0, 0.1) is 0 Å². The van der Waals surface area contributed by atoms with Crippen molar-refractivity contribution in [3.05, 3.63) is 72.3 Å². The number of carbonyl (C=O) groups excluding carboxylic acids is 9. The summed E-state index contributed by atoms with van der Waals surface area (Å²) in [5.41, 5.74) is 7.99. The second-order valence-electron chi connectivity index (χ2n) is 14.3. The van der Waals surface area contributed by atoms with Gasteiger partial charge in [-0.2, -0.15) is 0 Å². The highest BCUT2D eigenvalue weighted by atomic mass is 16.6. The molecule has 0 aromatic heterocycles. The second-order valence-corrected chi connectivity index (χ2v) is 14.3. The standard InChI is InChI=1S/C40H51N7O13/c1-6-16-58-37(54)29(46-38(55)59-22-28-26-13-9-7-11-24(26)25-12-8-10-14-27(25)28)18-34(51)57-17-15-32(49)42-19-30(47-39(56)60-40(3,4)5)36(53)45-23(2)35(52)44-21-33(50)43-20-31(41)48/h6-14,23,28-30H,1,15-22H2,2-5H3,(H2,41,48)(H,42,49)(H,43,50)(H,44,52)(H,45,53)(H,46,55)(H,47,56)/t23-,29-,30-/m0/s1. The summed E-state index contributed by atoms with van der Waals surface area (Å²) in [6.07, 6.45) is -1.79. The number of ether oxygens (including phenoxy) is 4. The van der Waals surface area contributed by atoms with Crippen molar-refractivity contribution in [2.24, 2.45) is 5.73 Å². The number of rotatable bonds is 21. The van der Waals surface area contributed by atoms with Gasteiger partial charge in [-0.25, -0.2) is 14.4 Å². The van der Waals surface area contributed by atoms with Crippen molar-refractivity contribution in [3.63, 3.8) is 0 Å². The van der Waals surface area contributed by atoms with E-state index in [4.69, 9.17) is 24.7 Å². The van der Waals surface area contributed by atoms with E-state index in [1.165, 1.54) is 13.0 Å². The highest BCUT2D eigenvalue weighted by molar-refractivity contribution is 5.93. The summed E-state index contributed by atoms with van der Waals surface area (Å²) in [4.78, 5) is 112. The molecule has 0 fully saturated rings. The summed E-state index contributed by atoms with van der Waals surface area (Å²) in [6, 6.07) is 11.2. The van der Waals surface area contributed by atoms with Gasteiger partial charge in [0.2, 0.25) is 29.5 Å². The minimum atomic E-state index is -1.51. The zero-order valence-electron chi connectivity index (χ0n) is 33.8. The number of primary amides is 1. The monoisotopic (exact) mass is 837 g/mol. The van der Waals surface area contributed by atoms with Gasteiger partial charge in [0, 0.05) is 12.5 Å². The van der Waals surface area contributed by atoms with Crippen LogP contribution in [0.25, 0.3) is 11.1 Å². The smallest absolute Gasteiger partial charge is 0.408 e. The highest BCUT2D eigenvalue weighted by Gasteiger charge is 2.32. The molecule has 0 bridgehead atoms. The Morgan fingerprint density at radius 3 is 1.97 bits per heavy atom. The van der Waals surface area contributed by atoms with E-state index < -0.39 is 116 Å². The number of amides is 7. The molecule has 2 aromatic carbocycles. The molecule has 0 spiro atoms. The zero-order chi connectivity index (χ0) is 44.4. The first-order valence-electron chi connectivity index (χ1n) is 18.8. The van der Waals surface area contributed by atoms with E-state index in [2.05, 4.69) is 38.5 Å². The van der Waals surface area contributed by atoms with Crippen LogP contribution in [0.3, 0.4) is 0 Å². The molecule has 60 heavy (non-hydrogen) atoms. The van der Waals surface area contributed by atoms with Crippen molar-refractivity contribution < 1.29 is 62.1 Å². The molecule has 3 rings (SSSR count). The molecule has 1 aliphatic carbocycles. The van der Waals surface area contributed by atoms with Gasteiger partial charge in [0.1, 0.15) is 43.5 Å². The van der Waals surface area contributed by atoms with E-state index in [1.54, 1.807) is 20.8 Å². The number of benzene rings is 2. The Labute approximate surface area is 346 Å². The van der Waals surface area contributed by atoms with Crippen LogP contribution in [0.2, 0.25) is 0 Å². The molecule has 0 unspecified atom stereocenters. The van der Waals surface area contributed by atoms with Crippen LogP contribution in [-0.4, -0.2) is 117 Å². The van der Waals surface area contributed by atoms with Gasteiger partial charge in [-0.15, -0.1) is 0 Å². The molecule has 1 aliphatic rings. The normalized spacial score (nSPS) is 13.0. The summed E-state index contributed by atoms with van der Waals surface area (Å²) >= 11 is 0. The Kier molecular flexibility index (Phi) is 18.0. The van der Waals surface area contributed by atoms with Crippen molar-refractivity contribution in [1.29, 1.82) is 0 Å². The summed E-state index contributed by atoms with van der Waals surface area (Å²) < 4.78 is 20.9. The SMILES string of the molecule is C=CCOC(=O)[C@H](CC(=O)OCCC(=O)NC[C@H](NC(=O)OC(C)(C)C)C(=O)N[C@@H](C)C(=O)NCC(=O)NCC(N)=O)NC(=O)OCC1c2ccccc2-c2ccccc21.